The molecule has 1 heterocycles. The van der Waals surface area contributed by atoms with Gasteiger partial charge in [-0.1, -0.05) is 6.92 Å². The molecule has 2 aromatic rings. The number of likely N-dealkylation sites (N-methyl/N-ethyl adjacent to an activating group) is 1. The van der Waals surface area contributed by atoms with Gasteiger partial charge in [0.25, 0.3) is 5.91 Å². The molecule has 0 fully saturated rings. The lowest BCUT2D eigenvalue weighted by atomic mass is 10.3. The van der Waals surface area contributed by atoms with E-state index in [1.54, 1.807) is 12.1 Å². The number of amides is 1. The number of aromatic nitrogens is 3. The molecule has 0 aliphatic rings. The Bertz CT molecular complexity index is 602. The molecule has 6 nitrogen and oxygen atoms in total. The minimum atomic E-state index is -0.332. The number of hydrogen-bond donors (Lipinski definition) is 2. The second-order valence-electron chi connectivity index (χ2n) is 4.66. The maximum atomic E-state index is 12.9. The summed E-state index contributed by atoms with van der Waals surface area (Å²) in [7, 11) is 0. The van der Waals surface area contributed by atoms with Gasteiger partial charge in [0, 0.05) is 12.6 Å². The van der Waals surface area contributed by atoms with Gasteiger partial charge in [0.1, 0.15) is 5.82 Å². The van der Waals surface area contributed by atoms with Crippen LogP contribution in [0.5, 0.6) is 0 Å². The molecule has 0 spiro atoms. The molecule has 0 aliphatic carbocycles. The molecule has 1 aromatic heterocycles. The van der Waals surface area contributed by atoms with Crippen LogP contribution in [0, 0.1) is 5.82 Å². The normalized spacial score (nSPS) is 11.6. The summed E-state index contributed by atoms with van der Waals surface area (Å²) >= 11 is 0. The molecule has 0 aliphatic heterocycles. The Morgan fingerprint density at radius 3 is 2.68 bits per heavy atom. The summed E-state index contributed by atoms with van der Waals surface area (Å²) in [5, 5.41) is 14.1. The van der Waals surface area contributed by atoms with Gasteiger partial charge in [-0.25, -0.2) is 4.39 Å². The van der Waals surface area contributed by atoms with Crippen molar-refractivity contribution in [2.75, 3.05) is 13.1 Å². The Morgan fingerprint density at radius 2 is 2.05 bits per heavy atom. The Labute approximate surface area is 134 Å². The summed E-state index contributed by atoms with van der Waals surface area (Å²) in [6, 6.07) is 5.91. The van der Waals surface area contributed by atoms with Crippen LogP contribution in [0.25, 0.3) is 5.69 Å². The van der Waals surface area contributed by atoms with E-state index in [4.69, 9.17) is 0 Å². The summed E-state index contributed by atoms with van der Waals surface area (Å²) in [5.74, 6) is -0.616. The van der Waals surface area contributed by atoms with Crippen LogP contribution < -0.4 is 10.6 Å². The van der Waals surface area contributed by atoms with Crippen LogP contribution in [0.4, 0.5) is 4.39 Å². The third-order valence-electron chi connectivity index (χ3n) is 2.90. The topological polar surface area (TPSA) is 71.8 Å². The van der Waals surface area contributed by atoms with E-state index >= 15 is 0 Å². The molecular formula is C14H19ClFN5O. The number of benzene rings is 1. The van der Waals surface area contributed by atoms with Crippen LogP contribution in [0.1, 0.15) is 24.3 Å². The highest BCUT2D eigenvalue weighted by Crippen LogP contribution is 2.06. The van der Waals surface area contributed by atoms with Crippen molar-refractivity contribution in [3.8, 4) is 5.69 Å². The Morgan fingerprint density at radius 1 is 1.36 bits per heavy atom. The van der Waals surface area contributed by atoms with Crippen molar-refractivity contribution in [3.05, 3.63) is 42.0 Å². The first kappa shape index (κ1) is 18.1. The van der Waals surface area contributed by atoms with E-state index in [-0.39, 0.29) is 35.9 Å². The van der Waals surface area contributed by atoms with E-state index in [1.807, 2.05) is 13.8 Å². The third kappa shape index (κ3) is 4.78. The van der Waals surface area contributed by atoms with Crippen molar-refractivity contribution >= 4 is 18.3 Å². The van der Waals surface area contributed by atoms with E-state index in [2.05, 4.69) is 20.8 Å². The number of nitrogens with one attached hydrogen (secondary N) is 2. The number of rotatable bonds is 6. The lowest BCUT2D eigenvalue weighted by molar-refractivity contribution is 0.0945. The first-order valence-corrected chi connectivity index (χ1v) is 6.80. The maximum Gasteiger partial charge on any atom is 0.273 e. The zero-order valence-corrected chi connectivity index (χ0v) is 13.2. The van der Waals surface area contributed by atoms with Gasteiger partial charge in [-0.3, -0.25) is 4.79 Å². The predicted molar refractivity (Wildman–Crippen MR) is 84.0 cm³/mol. The smallest absolute Gasteiger partial charge is 0.273 e. The Balaban J connectivity index is 0.00000242. The van der Waals surface area contributed by atoms with Crippen molar-refractivity contribution in [1.82, 2.24) is 25.6 Å². The van der Waals surface area contributed by atoms with E-state index in [0.29, 0.717) is 12.2 Å². The minimum Gasteiger partial charge on any atom is -0.349 e. The van der Waals surface area contributed by atoms with Gasteiger partial charge in [0.05, 0.1) is 11.9 Å². The van der Waals surface area contributed by atoms with Gasteiger partial charge < -0.3 is 10.6 Å². The molecule has 1 amide bonds. The third-order valence-corrected chi connectivity index (χ3v) is 2.90. The highest BCUT2D eigenvalue weighted by Gasteiger charge is 2.12. The molecule has 1 atom stereocenters. The van der Waals surface area contributed by atoms with Crippen molar-refractivity contribution in [2.45, 2.75) is 19.9 Å². The largest absolute Gasteiger partial charge is 0.349 e. The highest BCUT2D eigenvalue weighted by atomic mass is 35.5. The second kappa shape index (κ2) is 8.45. The fraction of sp³-hybridized carbons (Fsp3) is 0.357. The van der Waals surface area contributed by atoms with Gasteiger partial charge in [-0.15, -0.1) is 17.5 Å². The summed E-state index contributed by atoms with van der Waals surface area (Å²) in [4.78, 5) is 13.2. The summed E-state index contributed by atoms with van der Waals surface area (Å²) in [6.07, 6.45) is 1.39. The average Bonchev–Trinajstić information content (AvgIpc) is 2.96. The zero-order valence-electron chi connectivity index (χ0n) is 12.4. The first-order chi connectivity index (χ1) is 10.1. The number of carbonyl (C=O) groups excluding carboxylic acids is 1. The van der Waals surface area contributed by atoms with Crippen LogP contribution in [-0.2, 0) is 0 Å². The number of nitrogens with zero attached hydrogens (tertiary/aromatic N) is 3. The first-order valence-electron chi connectivity index (χ1n) is 6.80. The van der Waals surface area contributed by atoms with E-state index < -0.39 is 0 Å². The average molecular weight is 328 g/mol. The highest BCUT2D eigenvalue weighted by molar-refractivity contribution is 5.91. The standard InChI is InChI=1S/C14H18FN5O.ClH/c1-3-16-10(2)8-17-14(21)13-9-18-20(19-13)12-6-4-11(15)5-7-12;/h4-7,9-10,16H,3,8H2,1-2H3,(H,17,21);1H/t10-;/m1./s1. The van der Waals surface area contributed by atoms with Crippen molar-refractivity contribution in [3.63, 3.8) is 0 Å². The van der Waals surface area contributed by atoms with Gasteiger partial charge in [-0.05, 0) is 37.7 Å². The SMILES string of the molecule is CCN[C@H](C)CNC(=O)c1cnn(-c2ccc(F)cc2)n1.Cl. The van der Waals surface area contributed by atoms with Crippen LogP contribution in [0.3, 0.4) is 0 Å². The fourth-order valence-corrected chi connectivity index (χ4v) is 1.82. The lowest BCUT2D eigenvalue weighted by Gasteiger charge is -2.12. The molecule has 2 rings (SSSR count). The Hall–Kier alpha value is -1.99. The van der Waals surface area contributed by atoms with Gasteiger partial charge in [-0.2, -0.15) is 9.90 Å². The van der Waals surface area contributed by atoms with Crippen LogP contribution in [0.15, 0.2) is 30.5 Å². The Kier molecular flexibility index (Phi) is 6.94. The quantitative estimate of drug-likeness (QED) is 0.844. The molecule has 0 saturated heterocycles. The number of carbonyl (C=O) groups is 1. The predicted octanol–water partition coefficient (Wildman–Crippen LogP) is 1.56. The fourth-order valence-electron chi connectivity index (χ4n) is 1.82. The molecule has 120 valence electrons. The summed E-state index contributed by atoms with van der Waals surface area (Å²) in [6.45, 7) is 5.35. The van der Waals surface area contributed by atoms with Gasteiger partial charge in [0.15, 0.2) is 5.69 Å². The molecule has 0 radical (unpaired) electrons. The molecule has 8 heteroatoms. The zero-order chi connectivity index (χ0) is 15.2. The molecule has 1 aromatic carbocycles. The second-order valence-corrected chi connectivity index (χ2v) is 4.66. The minimum absolute atomic E-state index is 0. The molecule has 0 unspecified atom stereocenters. The summed E-state index contributed by atoms with van der Waals surface area (Å²) < 4.78 is 12.9. The summed E-state index contributed by atoms with van der Waals surface area (Å²) in [5.41, 5.74) is 0.819. The van der Waals surface area contributed by atoms with Gasteiger partial charge >= 0.3 is 0 Å². The van der Waals surface area contributed by atoms with E-state index in [1.165, 1.54) is 23.1 Å². The van der Waals surface area contributed by atoms with Crippen molar-refractivity contribution in [2.24, 2.45) is 0 Å². The van der Waals surface area contributed by atoms with E-state index in [0.717, 1.165) is 6.54 Å². The van der Waals surface area contributed by atoms with Crippen LogP contribution in [0.2, 0.25) is 0 Å². The molecule has 0 bridgehead atoms. The number of halogens is 2. The molecule has 0 saturated carbocycles. The number of hydrogen-bond acceptors (Lipinski definition) is 4. The lowest BCUT2D eigenvalue weighted by Crippen LogP contribution is -2.38. The van der Waals surface area contributed by atoms with Gasteiger partial charge in [0.2, 0.25) is 0 Å². The van der Waals surface area contributed by atoms with E-state index in [9.17, 15) is 9.18 Å². The molecule has 22 heavy (non-hydrogen) atoms. The monoisotopic (exact) mass is 327 g/mol. The molecule has 2 N–H and O–H groups in total. The van der Waals surface area contributed by atoms with Crippen molar-refractivity contribution in [1.29, 1.82) is 0 Å². The van der Waals surface area contributed by atoms with Crippen LogP contribution >= 0.6 is 12.4 Å². The molecular weight excluding hydrogens is 309 g/mol. The van der Waals surface area contributed by atoms with Crippen molar-refractivity contribution < 1.29 is 9.18 Å². The van der Waals surface area contributed by atoms with Crippen LogP contribution in [-0.4, -0.2) is 40.0 Å². The maximum absolute atomic E-state index is 12.9.